The van der Waals surface area contributed by atoms with Gasteiger partial charge in [-0.25, -0.2) is 0 Å². The van der Waals surface area contributed by atoms with Crippen LogP contribution < -0.4 is 5.32 Å². The zero-order chi connectivity index (χ0) is 10.8. The molecule has 84 valence electrons. The smallest absolute Gasteiger partial charge is 0.0541 e. The Morgan fingerprint density at radius 3 is 2.73 bits per heavy atom. The topological polar surface area (TPSA) is 24.9 Å². The van der Waals surface area contributed by atoms with Crippen LogP contribution in [0.5, 0.6) is 0 Å². The molecule has 0 fully saturated rings. The first-order valence-corrected chi connectivity index (χ1v) is 7.12. The minimum absolute atomic E-state index is 0.896. The number of alkyl halides is 1. The molecule has 1 heterocycles. The van der Waals surface area contributed by atoms with Gasteiger partial charge >= 0.3 is 0 Å². The summed E-state index contributed by atoms with van der Waals surface area (Å²) < 4.78 is 1.29. The lowest BCUT2D eigenvalue weighted by Crippen LogP contribution is -2.15. The Morgan fingerprint density at radius 1 is 1.13 bits per heavy atom. The molecule has 0 saturated carbocycles. The molecule has 0 radical (unpaired) electrons. The molecular formula is C12H19IN2. The van der Waals surface area contributed by atoms with Gasteiger partial charge in [0.1, 0.15) is 0 Å². The highest BCUT2D eigenvalue weighted by Crippen LogP contribution is 2.01. The Bertz CT molecular complexity index is 239. The average Bonchev–Trinajstić information content (AvgIpc) is 2.29. The first-order chi connectivity index (χ1) is 7.43. The van der Waals surface area contributed by atoms with Crippen LogP contribution in [0, 0.1) is 0 Å². The summed E-state index contributed by atoms with van der Waals surface area (Å²) in [5, 5.41) is 3.41. The molecular weight excluding hydrogens is 299 g/mol. The maximum atomic E-state index is 4.26. The molecule has 1 rings (SSSR count). The van der Waals surface area contributed by atoms with Gasteiger partial charge in [-0.1, -0.05) is 41.5 Å². The van der Waals surface area contributed by atoms with Gasteiger partial charge in [-0.15, -0.1) is 0 Å². The Balaban J connectivity index is 1.93. The van der Waals surface area contributed by atoms with Crippen molar-refractivity contribution in [2.24, 2.45) is 0 Å². The summed E-state index contributed by atoms with van der Waals surface area (Å²) in [5.74, 6) is 0. The van der Waals surface area contributed by atoms with Crippen molar-refractivity contribution in [1.82, 2.24) is 10.3 Å². The minimum Gasteiger partial charge on any atom is -0.311 e. The average molecular weight is 318 g/mol. The van der Waals surface area contributed by atoms with Crippen LogP contribution in [0.3, 0.4) is 0 Å². The van der Waals surface area contributed by atoms with E-state index in [0.717, 1.165) is 18.8 Å². The molecule has 3 heteroatoms. The first-order valence-electron chi connectivity index (χ1n) is 5.60. The van der Waals surface area contributed by atoms with Crippen molar-refractivity contribution in [1.29, 1.82) is 0 Å². The normalized spacial score (nSPS) is 10.5. The SMILES string of the molecule is ICCCCCCNCc1ccccn1. The first kappa shape index (κ1) is 12.9. The van der Waals surface area contributed by atoms with Crippen LogP contribution in [-0.2, 0) is 6.54 Å². The van der Waals surface area contributed by atoms with Gasteiger partial charge in [0.2, 0.25) is 0 Å². The van der Waals surface area contributed by atoms with Crippen molar-refractivity contribution in [3.63, 3.8) is 0 Å². The maximum absolute atomic E-state index is 4.26. The van der Waals surface area contributed by atoms with Gasteiger partial charge < -0.3 is 5.32 Å². The molecule has 2 nitrogen and oxygen atoms in total. The predicted octanol–water partition coefficient (Wildman–Crippen LogP) is 3.17. The summed E-state index contributed by atoms with van der Waals surface area (Å²) in [6.45, 7) is 2.00. The number of halogens is 1. The quantitative estimate of drug-likeness (QED) is 0.452. The zero-order valence-electron chi connectivity index (χ0n) is 9.08. The van der Waals surface area contributed by atoms with E-state index in [-0.39, 0.29) is 0 Å². The van der Waals surface area contributed by atoms with Crippen molar-refractivity contribution in [3.05, 3.63) is 30.1 Å². The highest BCUT2D eigenvalue weighted by atomic mass is 127. The molecule has 0 aliphatic carbocycles. The van der Waals surface area contributed by atoms with E-state index < -0.39 is 0 Å². The molecule has 0 aromatic carbocycles. The number of unbranched alkanes of at least 4 members (excludes halogenated alkanes) is 3. The van der Waals surface area contributed by atoms with Crippen molar-refractivity contribution in [2.45, 2.75) is 32.2 Å². The second kappa shape index (κ2) is 9.09. The molecule has 1 N–H and O–H groups in total. The third kappa shape index (κ3) is 6.84. The standard InChI is InChI=1S/C12H19IN2/c13-8-4-1-2-5-9-14-11-12-7-3-6-10-15-12/h3,6-7,10,14H,1-2,4-5,8-9,11H2. The van der Waals surface area contributed by atoms with Crippen molar-refractivity contribution in [2.75, 3.05) is 11.0 Å². The van der Waals surface area contributed by atoms with Crippen LogP contribution in [0.2, 0.25) is 0 Å². The number of hydrogen-bond acceptors (Lipinski definition) is 2. The minimum atomic E-state index is 0.896. The van der Waals surface area contributed by atoms with Gasteiger partial charge in [0.05, 0.1) is 5.69 Å². The summed E-state index contributed by atoms with van der Waals surface area (Å²) in [7, 11) is 0. The van der Waals surface area contributed by atoms with E-state index in [4.69, 9.17) is 0 Å². The van der Waals surface area contributed by atoms with E-state index in [1.54, 1.807) is 0 Å². The molecule has 0 atom stereocenters. The fourth-order valence-corrected chi connectivity index (χ4v) is 1.96. The number of nitrogens with zero attached hydrogens (tertiary/aromatic N) is 1. The Morgan fingerprint density at radius 2 is 2.00 bits per heavy atom. The van der Waals surface area contributed by atoms with Crippen LogP contribution in [0.1, 0.15) is 31.4 Å². The molecule has 0 bridgehead atoms. The lowest BCUT2D eigenvalue weighted by molar-refractivity contribution is 0.596. The Kier molecular flexibility index (Phi) is 7.83. The van der Waals surface area contributed by atoms with Crippen LogP contribution in [0.4, 0.5) is 0 Å². The molecule has 15 heavy (non-hydrogen) atoms. The lowest BCUT2D eigenvalue weighted by atomic mass is 10.2. The highest BCUT2D eigenvalue weighted by Gasteiger charge is 1.92. The van der Waals surface area contributed by atoms with E-state index in [1.165, 1.54) is 30.1 Å². The van der Waals surface area contributed by atoms with Gasteiger partial charge in [-0.05, 0) is 35.9 Å². The third-order valence-corrected chi connectivity index (χ3v) is 3.03. The van der Waals surface area contributed by atoms with E-state index in [1.807, 2.05) is 18.3 Å². The van der Waals surface area contributed by atoms with Gasteiger partial charge in [0.15, 0.2) is 0 Å². The highest BCUT2D eigenvalue weighted by molar-refractivity contribution is 14.1. The summed E-state index contributed by atoms with van der Waals surface area (Å²) in [4.78, 5) is 4.26. The van der Waals surface area contributed by atoms with Gasteiger partial charge in [0, 0.05) is 12.7 Å². The maximum Gasteiger partial charge on any atom is 0.0541 e. The monoisotopic (exact) mass is 318 g/mol. The van der Waals surface area contributed by atoms with E-state index in [2.05, 4.69) is 39.0 Å². The van der Waals surface area contributed by atoms with Gasteiger partial charge in [0.25, 0.3) is 0 Å². The molecule has 0 saturated heterocycles. The number of nitrogens with one attached hydrogen (secondary N) is 1. The third-order valence-electron chi connectivity index (χ3n) is 2.27. The van der Waals surface area contributed by atoms with Crippen LogP contribution in [0.15, 0.2) is 24.4 Å². The van der Waals surface area contributed by atoms with Crippen molar-refractivity contribution < 1.29 is 0 Å². The molecule has 0 spiro atoms. The number of aromatic nitrogens is 1. The summed E-state index contributed by atoms with van der Waals surface area (Å²) in [5.41, 5.74) is 1.13. The molecule has 0 aliphatic heterocycles. The molecule has 0 amide bonds. The molecule has 0 unspecified atom stereocenters. The molecule has 1 aromatic rings. The predicted molar refractivity (Wildman–Crippen MR) is 73.3 cm³/mol. The Labute approximate surface area is 106 Å². The Hall–Kier alpha value is -0.160. The van der Waals surface area contributed by atoms with Crippen molar-refractivity contribution in [3.8, 4) is 0 Å². The summed E-state index contributed by atoms with van der Waals surface area (Å²) in [6, 6.07) is 6.04. The van der Waals surface area contributed by atoms with E-state index >= 15 is 0 Å². The van der Waals surface area contributed by atoms with Crippen LogP contribution in [-0.4, -0.2) is 16.0 Å². The zero-order valence-corrected chi connectivity index (χ0v) is 11.2. The lowest BCUT2D eigenvalue weighted by Gasteiger charge is -2.03. The van der Waals surface area contributed by atoms with Gasteiger partial charge in [-0.2, -0.15) is 0 Å². The van der Waals surface area contributed by atoms with E-state index in [0.29, 0.717) is 0 Å². The fourth-order valence-electron chi connectivity index (χ4n) is 1.42. The van der Waals surface area contributed by atoms with Crippen molar-refractivity contribution >= 4 is 22.6 Å². The van der Waals surface area contributed by atoms with E-state index in [9.17, 15) is 0 Å². The largest absolute Gasteiger partial charge is 0.311 e. The number of pyridine rings is 1. The molecule has 1 aromatic heterocycles. The number of hydrogen-bond donors (Lipinski definition) is 1. The summed E-state index contributed by atoms with van der Waals surface area (Å²) in [6.07, 6.45) is 7.20. The molecule has 0 aliphatic rings. The van der Waals surface area contributed by atoms with Crippen LogP contribution in [0.25, 0.3) is 0 Å². The van der Waals surface area contributed by atoms with Crippen LogP contribution >= 0.6 is 22.6 Å². The second-order valence-corrected chi connectivity index (χ2v) is 4.68. The number of rotatable bonds is 8. The van der Waals surface area contributed by atoms with Gasteiger partial charge in [-0.3, -0.25) is 4.98 Å². The summed E-state index contributed by atoms with van der Waals surface area (Å²) >= 11 is 2.44. The fraction of sp³-hybridized carbons (Fsp3) is 0.583. The second-order valence-electron chi connectivity index (χ2n) is 3.60.